The molecule has 138 valence electrons. The Morgan fingerprint density at radius 1 is 1.00 bits per heavy atom. The number of H-pyrrole nitrogens is 1. The number of aromatic nitrogens is 3. The molecule has 0 aliphatic rings. The lowest BCUT2D eigenvalue weighted by Crippen LogP contribution is -2.26. The summed E-state index contributed by atoms with van der Waals surface area (Å²) in [5, 5.41) is 3.46. The van der Waals surface area contributed by atoms with Gasteiger partial charge in [0.15, 0.2) is 0 Å². The summed E-state index contributed by atoms with van der Waals surface area (Å²) in [6, 6.07) is 6.63. The van der Waals surface area contributed by atoms with E-state index >= 15 is 0 Å². The van der Waals surface area contributed by atoms with E-state index in [1.807, 2.05) is 0 Å². The molecule has 0 bridgehead atoms. The molecule has 9 nitrogen and oxygen atoms in total. The maximum absolute atomic E-state index is 14.6. The molecular weight excluding hydrogens is 387 g/mol. The van der Waals surface area contributed by atoms with Gasteiger partial charge in [0, 0.05) is 29.8 Å². The molecule has 0 fully saturated rings. The first-order valence-corrected chi connectivity index (χ1v) is 10.4. The summed E-state index contributed by atoms with van der Waals surface area (Å²) in [5.74, 6) is 0. The van der Waals surface area contributed by atoms with Crippen molar-refractivity contribution in [2.24, 2.45) is 0 Å². The molecule has 0 spiro atoms. The van der Waals surface area contributed by atoms with Gasteiger partial charge < -0.3 is 19.6 Å². The largest absolute Gasteiger partial charge is 0.375 e. The van der Waals surface area contributed by atoms with Gasteiger partial charge in [-0.25, -0.2) is 4.39 Å². The second-order valence-corrected chi connectivity index (χ2v) is 9.68. The zero-order valence-electron chi connectivity index (χ0n) is 13.0. The van der Waals surface area contributed by atoms with Crippen molar-refractivity contribution in [3.8, 4) is 11.1 Å². The van der Waals surface area contributed by atoms with Gasteiger partial charge in [-0.2, -0.15) is 5.10 Å². The lowest BCUT2D eigenvalue weighted by atomic mass is 10.0. The lowest BCUT2D eigenvalue weighted by Gasteiger charge is -2.26. The van der Waals surface area contributed by atoms with Gasteiger partial charge in [0.2, 0.25) is 0 Å². The molecule has 0 saturated carbocycles. The van der Waals surface area contributed by atoms with E-state index in [1.54, 1.807) is 24.4 Å². The van der Waals surface area contributed by atoms with E-state index in [4.69, 9.17) is 19.6 Å². The molecule has 26 heavy (non-hydrogen) atoms. The van der Waals surface area contributed by atoms with Crippen LogP contribution >= 0.6 is 15.2 Å². The van der Waals surface area contributed by atoms with Gasteiger partial charge in [-0.05, 0) is 29.3 Å². The highest BCUT2D eigenvalue weighted by Crippen LogP contribution is 2.71. The van der Waals surface area contributed by atoms with E-state index in [-0.39, 0.29) is 5.56 Å². The van der Waals surface area contributed by atoms with Crippen molar-refractivity contribution in [3.63, 3.8) is 0 Å². The van der Waals surface area contributed by atoms with Gasteiger partial charge >= 0.3 is 20.3 Å². The van der Waals surface area contributed by atoms with Crippen molar-refractivity contribution in [1.82, 2.24) is 15.2 Å². The minimum atomic E-state index is -5.76. The standard InChI is InChI=1S/C14H14FN3O6P2/c15-14(25(19,20)21,26(22,23)24)5-9-3-11(7-16-6-9)10-1-2-13-12(4-10)8-17-18-13/h1-4,6-8H,5H2,(H,17,18)(H2,19,20,21)(H2,22,23,24). The first kappa shape index (κ1) is 18.8. The first-order valence-electron chi connectivity index (χ1n) is 7.19. The minimum absolute atomic E-state index is 0.0658. The fraction of sp³-hybridized carbons (Fsp3) is 0.143. The van der Waals surface area contributed by atoms with E-state index in [1.165, 1.54) is 12.3 Å². The molecule has 1 aromatic carbocycles. The third-order valence-electron chi connectivity index (χ3n) is 3.89. The minimum Gasteiger partial charge on any atom is -0.322 e. The predicted molar refractivity (Wildman–Crippen MR) is 91.0 cm³/mol. The molecule has 3 aromatic rings. The molecule has 0 aliphatic heterocycles. The van der Waals surface area contributed by atoms with E-state index in [0.717, 1.165) is 17.1 Å². The Morgan fingerprint density at radius 2 is 1.69 bits per heavy atom. The Morgan fingerprint density at radius 3 is 2.35 bits per heavy atom. The molecule has 12 heteroatoms. The summed E-state index contributed by atoms with van der Waals surface area (Å²) in [7, 11) is -11.5. The number of rotatable bonds is 5. The number of pyridine rings is 1. The van der Waals surface area contributed by atoms with Crippen LogP contribution in [0.1, 0.15) is 5.56 Å². The van der Waals surface area contributed by atoms with Gasteiger partial charge in [-0.1, -0.05) is 6.07 Å². The van der Waals surface area contributed by atoms with Crippen molar-refractivity contribution < 1.29 is 33.1 Å². The predicted octanol–water partition coefficient (Wildman–Crippen LogP) is 2.15. The van der Waals surface area contributed by atoms with Crippen LogP contribution in [0.2, 0.25) is 0 Å². The zero-order chi connectivity index (χ0) is 19.2. The second-order valence-electron chi connectivity index (χ2n) is 5.74. The SMILES string of the molecule is O=P(O)(O)C(F)(Cc1cncc(-c2ccc3[nH]ncc3c2)c1)P(=O)(O)O. The van der Waals surface area contributed by atoms with Crippen LogP contribution < -0.4 is 0 Å². The molecule has 0 saturated heterocycles. The summed E-state index contributed by atoms with van der Waals surface area (Å²) in [5.41, 5.74) is 1.89. The van der Waals surface area contributed by atoms with Crippen LogP contribution in [-0.2, 0) is 15.6 Å². The van der Waals surface area contributed by atoms with Crippen LogP contribution in [0.15, 0.2) is 42.9 Å². The average molecular weight is 401 g/mol. The van der Waals surface area contributed by atoms with Crippen LogP contribution in [0.3, 0.4) is 0 Å². The Labute approximate surface area is 146 Å². The summed E-state index contributed by atoms with van der Waals surface area (Å²) >= 11 is 0. The molecule has 0 atom stereocenters. The van der Waals surface area contributed by atoms with Crippen molar-refractivity contribution in [1.29, 1.82) is 0 Å². The Bertz CT molecular complexity index is 1040. The van der Waals surface area contributed by atoms with Crippen molar-refractivity contribution >= 4 is 26.1 Å². The number of fused-ring (bicyclic) bond motifs is 1. The quantitative estimate of drug-likeness (QED) is 0.407. The number of aromatic amines is 1. The smallest absolute Gasteiger partial charge is 0.322 e. The summed E-state index contributed by atoms with van der Waals surface area (Å²) in [6.07, 6.45) is 2.96. The Hall–Kier alpha value is -1.93. The third-order valence-corrected chi connectivity index (χ3v) is 7.55. The van der Waals surface area contributed by atoms with E-state index in [0.29, 0.717) is 11.1 Å². The van der Waals surface area contributed by atoms with Crippen LogP contribution in [0.4, 0.5) is 4.39 Å². The van der Waals surface area contributed by atoms with Gasteiger partial charge in [0.05, 0.1) is 11.7 Å². The number of halogens is 1. The molecule has 5 N–H and O–H groups in total. The highest BCUT2D eigenvalue weighted by Gasteiger charge is 2.61. The lowest BCUT2D eigenvalue weighted by molar-refractivity contribution is 0.222. The summed E-state index contributed by atoms with van der Waals surface area (Å²) < 4.78 is 37.4. The molecule has 0 amide bonds. The summed E-state index contributed by atoms with van der Waals surface area (Å²) in [6.45, 7) is 0. The molecule has 3 rings (SSSR count). The Balaban J connectivity index is 2.01. The van der Waals surface area contributed by atoms with Crippen LogP contribution in [0.5, 0.6) is 0 Å². The molecule has 0 radical (unpaired) electrons. The van der Waals surface area contributed by atoms with E-state index < -0.39 is 26.8 Å². The average Bonchev–Trinajstić information content (AvgIpc) is 3.00. The van der Waals surface area contributed by atoms with Crippen molar-refractivity contribution in [2.45, 2.75) is 11.6 Å². The number of hydrogen-bond acceptors (Lipinski definition) is 4. The van der Waals surface area contributed by atoms with Gasteiger partial charge in [-0.15, -0.1) is 0 Å². The van der Waals surface area contributed by atoms with Gasteiger partial charge in [0.1, 0.15) is 0 Å². The highest BCUT2D eigenvalue weighted by molar-refractivity contribution is 7.72. The fourth-order valence-electron chi connectivity index (χ4n) is 2.50. The van der Waals surface area contributed by atoms with Crippen LogP contribution in [0, 0.1) is 0 Å². The summed E-state index contributed by atoms with van der Waals surface area (Å²) in [4.78, 5) is 40.4. The number of benzene rings is 1. The van der Waals surface area contributed by atoms with Crippen molar-refractivity contribution in [2.75, 3.05) is 0 Å². The molecule has 0 unspecified atom stereocenters. The molecule has 0 aliphatic carbocycles. The zero-order valence-corrected chi connectivity index (χ0v) is 14.8. The molecular formula is C14H14FN3O6P2. The van der Waals surface area contributed by atoms with Crippen molar-refractivity contribution in [3.05, 3.63) is 48.4 Å². The normalized spacial score (nSPS) is 13.3. The van der Waals surface area contributed by atoms with Gasteiger partial charge in [0.25, 0.3) is 0 Å². The fourth-order valence-corrected chi connectivity index (χ4v) is 4.63. The maximum Gasteiger partial charge on any atom is 0.375 e. The maximum atomic E-state index is 14.6. The van der Waals surface area contributed by atoms with Crippen LogP contribution in [-0.4, -0.2) is 39.9 Å². The highest BCUT2D eigenvalue weighted by atomic mass is 31.2. The number of nitrogens with zero attached hydrogens (tertiary/aromatic N) is 2. The van der Waals surface area contributed by atoms with Crippen LogP contribution in [0.25, 0.3) is 22.0 Å². The van der Waals surface area contributed by atoms with E-state index in [2.05, 4.69) is 15.2 Å². The topological polar surface area (TPSA) is 157 Å². The monoisotopic (exact) mass is 401 g/mol. The second kappa shape index (κ2) is 6.35. The van der Waals surface area contributed by atoms with E-state index in [9.17, 15) is 13.5 Å². The first-order chi connectivity index (χ1) is 12.0. The number of alkyl halides is 1. The van der Waals surface area contributed by atoms with Gasteiger partial charge in [-0.3, -0.25) is 19.2 Å². The third kappa shape index (κ3) is 3.35. The number of nitrogens with one attached hydrogen (secondary N) is 1. The molecule has 2 aromatic heterocycles. The Kier molecular flexibility index (Phi) is 4.60. The molecule has 2 heterocycles. The number of hydrogen-bond donors (Lipinski definition) is 5.